The van der Waals surface area contributed by atoms with Gasteiger partial charge in [0, 0.05) is 18.5 Å². The molecule has 1 unspecified atom stereocenters. The number of aromatic nitrogens is 1. The molecule has 100 valence electrons. The minimum absolute atomic E-state index is 0.245. The van der Waals surface area contributed by atoms with Crippen molar-refractivity contribution in [2.75, 3.05) is 0 Å². The molecule has 1 aromatic carbocycles. The number of halogens is 2. The molecule has 1 heterocycles. The molecule has 2 rings (SSSR count). The topological polar surface area (TPSA) is 33.1 Å². The molecule has 0 fully saturated rings. The molecule has 0 amide bonds. The number of nitrogens with zero attached hydrogens (tertiary/aromatic N) is 1. The van der Waals surface area contributed by atoms with Crippen LogP contribution in [0.1, 0.15) is 17.5 Å². The van der Waals surface area contributed by atoms with E-state index in [2.05, 4.69) is 4.98 Å². The summed E-state index contributed by atoms with van der Waals surface area (Å²) >= 11 is 0. The average molecular weight is 263 g/mol. The molecular formula is C15H15F2NO. The fourth-order valence-electron chi connectivity index (χ4n) is 1.98. The lowest BCUT2D eigenvalue weighted by molar-refractivity contribution is 0.165. The molecule has 2 aromatic rings. The van der Waals surface area contributed by atoms with Crippen molar-refractivity contribution in [3.05, 3.63) is 65.5 Å². The molecule has 0 aliphatic heterocycles. The Bertz CT molecular complexity index is 511. The molecule has 0 aliphatic rings. The normalized spacial score (nSPS) is 12.4. The molecule has 0 aliphatic carbocycles. The first kappa shape index (κ1) is 13.6. The van der Waals surface area contributed by atoms with Gasteiger partial charge >= 0.3 is 0 Å². The van der Waals surface area contributed by atoms with Crippen LogP contribution in [0.4, 0.5) is 8.78 Å². The summed E-state index contributed by atoms with van der Waals surface area (Å²) < 4.78 is 26.0. The Morgan fingerprint density at radius 3 is 2.47 bits per heavy atom. The highest BCUT2D eigenvalue weighted by Gasteiger charge is 2.08. The summed E-state index contributed by atoms with van der Waals surface area (Å²) in [6.07, 6.45) is 4.27. The maximum Gasteiger partial charge on any atom is 0.126 e. The number of hydrogen-bond donors (Lipinski definition) is 1. The number of aliphatic hydroxyl groups excluding tert-OH is 1. The van der Waals surface area contributed by atoms with Gasteiger partial charge in [0.25, 0.3) is 0 Å². The van der Waals surface area contributed by atoms with Gasteiger partial charge in [-0.15, -0.1) is 0 Å². The lowest BCUT2D eigenvalue weighted by atomic mass is 10.0. The maximum absolute atomic E-state index is 13.0. The lowest BCUT2D eigenvalue weighted by Crippen LogP contribution is -2.12. The van der Waals surface area contributed by atoms with E-state index >= 15 is 0 Å². The smallest absolute Gasteiger partial charge is 0.126 e. The first-order chi connectivity index (χ1) is 9.13. The van der Waals surface area contributed by atoms with Crippen LogP contribution >= 0.6 is 0 Å². The Balaban J connectivity index is 1.89. The molecule has 0 bridgehead atoms. The Labute approximate surface area is 110 Å². The van der Waals surface area contributed by atoms with E-state index in [1.807, 2.05) is 12.1 Å². The van der Waals surface area contributed by atoms with E-state index in [-0.39, 0.29) is 6.42 Å². The fourth-order valence-corrected chi connectivity index (χ4v) is 1.98. The SMILES string of the molecule is OC(CCc1cccnc1)Cc1cc(F)cc(F)c1. The lowest BCUT2D eigenvalue weighted by Gasteiger charge is -2.10. The molecule has 1 atom stereocenters. The number of hydrogen-bond acceptors (Lipinski definition) is 2. The number of pyridine rings is 1. The van der Waals surface area contributed by atoms with Crippen LogP contribution in [0.3, 0.4) is 0 Å². The van der Waals surface area contributed by atoms with E-state index < -0.39 is 17.7 Å². The van der Waals surface area contributed by atoms with Gasteiger partial charge in [-0.3, -0.25) is 4.98 Å². The molecule has 0 saturated carbocycles. The van der Waals surface area contributed by atoms with Crippen molar-refractivity contribution in [1.82, 2.24) is 4.98 Å². The number of benzene rings is 1. The zero-order valence-corrected chi connectivity index (χ0v) is 10.4. The van der Waals surface area contributed by atoms with E-state index in [0.29, 0.717) is 18.4 Å². The van der Waals surface area contributed by atoms with E-state index in [9.17, 15) is 13.9 Å². The molecular weight excluding hydrogens is 248 g/mol. The van der Waals surface area contributed by atoms with Crippen LogP contribution in [0.5, 0.6) is 0 Å². The van der Waals surface area contributed by atoms with Crippen LogP contribution in [0, 0.1) is 11.6 Å². The third-order valence-electron chi connectivity index (χ3n) is 2.88. The Hall–Kier alpha value is -1.81. The zero-order valence-electron chi connectivity index (χ0n) is 10.4. The van der Waals surface area contributed by atoms with Crippen LogP contribution in [0.25, 0.3) is 0 Å². The van der Waals surface area contributed by atoms with Gasteiger partial charge in [0.2, 0.25) is 0 Å². The predicted molar refractivity (Wildman–Crippen MR) is 68.6 cm³/mol. The second-order valence-electron chi connectivity index (χ2n) is 4.54. The van der Waals surface area contributed by atoms with Crippen LogP contribution < -0.4 is 0 Å². The minimum Gasteiger partial charge on any atom is -0.393 e. The summed E-state index contributed by atoms with van der Waals surface area (Å²) in [5.41, 5.74) is 1.50. The van der Waals surface area contributed by atoms with Gasteiger partial charge < -0.3 is 5.11 Å². The van der Waals surface area contributed by atoms with Gasteiger partial charge in [-0.25, -0.2) is 8.78 Å². The Kier molecular flexibility index (Phi) is 4.58. The van der Waals surface area contributed by atoms with Crippen molar-refractivity contribution >= 4 is 0 Å². The molecule has 4 heteroatoms. The number of rotatable bonds is 5. The van der Waals surface area contributed by atoms with Crippen LogP contribution in [-0.4, -0.2) is 16.2 Å². The molecule has 0 spiro atoms. The van der Waals surface area contributed by atoms with Gasteiger partial charge in [-0.1, -0.05) is 6.07 Å². The van der Waals surface area contributed by atoms with Crippen molar-refractivity contribution in [2.45, 2.75) is 25.4 Å². The second kappa shape index (κ2) is 6.38. The predicted octanol–water partition coefficient (Wildman–Crippen LogP) is 2.90. The second-order valence-corrected chi connectivity index (χ2v) is 4.54. The summed E-state index contributed by atoms with van der Waals surface area (Å²) in [6.45, 7) is 0. The molecule has 19 heavy (non-hydrogen) atoms. The first-order valence-electron chi connectivity index (χ1n) is 6.15. The van der Waals surface area contributed by atoms with E-state index in [1.54, 1.807) is 12.4 Å². The van der Waals surface area contributed by atoms with E-state index in [1.165, 1.54) is 12.1 Å². The Morgan fingerprint density at radius 2 is 1.84 bits per heavy atom. The summed E-state index contributed by atoms with van der Waals surface area (Å²) in [5, 5.41) is 9.88. The highest BCUT2D eigenvalue weighted by Crippen LogP contribution is 2.13. The third kappa shape index (κ3) is 4.41. The van der Waals surface area contributed by atoms with Crippen molar-refractivity contribution in [1.29, 1.82) is 0 Å². The monoisotopic (exact) mass is 263 g/mol. The quantitative estimate of drug-likeness (QED) is 0.899. The molecule has 2 nitrogen and oxygen atoms in total. The van der Waals surface area contributed by atoms with Crippen LogP contribution in [-0.2, 0) is 12.8 Å². The third-order valence-corrected chi connectivity index (χ3v) is 2.88. The molecule has 1 aromatic heterocycles. The molecule has 0 radical (unpaired) electrons. The standard InChI is InChI=1S/C15H15F2NO/c16-13-6-12(7-14(17)9-13)8-15(19)4-3-11-2-1-5-18-10-11/h1-2,5-7,9-10,15,19H,3-4,8H2. The van der Waals surface area contributed by atoms with Gasteiger partial charge in [0.1, 0.15) is 11.6 Å². The van der Waals surface area contributed by atoms with Gasteiger partial charge in [-0.05, 0) is 48.6 Å². The first-order valence-corrected chi connectivity index (χ1v) is 6.15. The Morgan fingerprint density at radius 1 is 1.11 bits per heavy atom. The highest BCUT2D eigenvalue weighted by atomic mass is 19.1. The summed E-state index contributed by atoms with van der Waals surface area (Å²) in [5.74, 6) is -1.23. The largest absolute Gasteiger partial charge is 0.393 e. The minimum atomic E-state index is -0.624. The van der Waals surface area contributed by atoms with Gasteiger partial charge in [-0.2, -0.15) is 0 Å². The molecule has 1 N–H and O–H groups in total. The van der Waals surface area contributed by atoms with E-state index in [0.717, 1.165) is 11.6 Å². The molecule has 0 saturated heterocycles. The van der Waals surface area contributed by atoms with Gasteiger partial charge in [0.15, 0.2) is 0 Å². The average Bonchev–Trinajstić information content (AvgIpc) is 2.36. The summed E-state index contributed by atoms with van der Waals surface area (Å²) in [7, 11) is 0. The highest BCUT2D eigenvalue weighted by molar-refractivity contribution is 5.18. The number of aryl methyl sites for hydroxylation is 1. The van der Waals surface area contributed by atoms with E-state index in [4.69, 9.17) is 0 Å². The van der Waals surface area contributed by atoms with Gasteiger partial charge in [0.05, 0.1) is 6.10 Å². The fraction of sp³-hybridized carbons (Fsp3) is 0.267. The zero-order chi connectivity index (χ0) is 13.7. The van der Waals surface area contributed by atoms with Crippen molar-refractivity contribution in [2.24, 2.45) is 0 Å². The van der Waals surface area contributed by atoms with Crippen molar-refractivity contribution in [3.63, 3.8) is 0 Å². The van der Waals surface area contributed by atoms with Crippen LogP contribution in [0.15, 0.2) is 42.7 Å². The maximum atomic E-state index is 13.0. The van der Waals surface area contributed by atoms with Crippen molar-refractivity contribution < 1.29 is 13.9 Å². The number of aliphatic hydroxyl groups is 1. The van der Waals surface area contributed by atoms with Crippen LogP contribution in [0.2, 0.25) is 0 Å². The summed E-state index contributed by atoms with van der Waals surface area (Å²) in [6, 6.07) is 7.09. The van der Waals surface area contributed by atoms with Crippen molar-refractivity contribution in [3.8, 4) is 0 Å². The summed E-state index contributed by atoms with van der Waals surface area (Å²) in [4.78, 5) is 3.99.